The van der Waals surface area contributed by atoms with Crippen molar-refractivity contribution in [2.45, 2.75) is 19.7 Å². The molecule has 2 nitrogen and oxygen atoms in total. The van der Waals surface area contributed by atoms with Crippen molar-refractivity contribution in [2.24, 2.45) is 5.92 Å². The maximum Gasteiger partial charge on any atom is 0.149 e. The standard InChI is InChI=1S/C13H15ClF2N2/c1-3-18(8-9(2)7-17)13-11(15)4-10(6-14)5-12(13)16/h4-5,9H,3,6,8H2,1-2H3. The highest BCUT2D eigenvalue weighted by Gasteiger charge is 2.18. The summed E-state index contributed by atoms with van der Waals surface area (Å²) in [5, 5.41) is 8.77. The average molecular weight is 273 g/mol. The topological polar surface area (TPSA) is 27.0 Å². The quantitative estimate of drug-likeness (QED) is 0.765. The second-order valence-corrected chi connectivity index (χ2v) is 4.38. The SMILES string of the molecule is CCN(CC(C)C#N)c1c(F)cc(CCl)cc1F. The van der Waals surface area contributed by atoms with Crippen molar-refractivity contribution in [3.63, 3.8) is 0 Å². The fourth-order valence-corrected chi connectivity index (χ4v) is 1.90. The number of rotatable bonds is 5. The minimum atomic E-state index is -0.641. The molecule has 1 aromatic rings. The molecule has 5 heteroatoms. The highest BCUT2D eigenvalue weighted by molar-refractivity contribution is 6.17. The minimum Gasteiger partial charge on any atom is -0.366 e. The highest BCUT2D eigenvalue weighted by atomic mass is 35.5. The summed E-state index contributed by atoms with van der Waals surface area (Å²) >= 11 is 5.55. The normalized spacial score (nSPS) is 12.0. The molecule has 0 aliphatic rings. The molecule has 18 heavy (non-hydrogen) atoms. The number of benzene rings is 1. The first-order chi connectivity index (χ1) is 8.53. The summed E-state index contributed by atoms with van der Waals surface area (Å²) in [5.41, 5.74) is 0.313. The number of anilines is 1. The van der Waals surface area contributed by atoms with E-state index in [-0.39, 0.29) is 17.5 Å². The maximum atomic E-state index is 13.9. The molecule has 0 radical (unpaired) electrons. The zero-order valence-corrected chi connectivity index (χ0v) is 11.1. The van der Waals surface area contributed by atoms with Crippen LogP contribution in [0.3, 0.4) is 0 Å². The van der Waals surface area contributed by atoms with Crippen molar-refractivity contribution in [1.29, 1.82) is 5.26 Å². The fraction of sp³-hybridized carbons (Fsp3) is 0.462. The van der Waals surface area contributed by atoms with Gasteiger partial charge in [-0.3, -0.25) is 0 Å². The Kier molecular flexibility index (Phi) is 5.36. The lowest BCUT2D eigenvalue weighted by Crippen LogP contribution is -2.29. The van der Waals surface area contributed by atoms with Crippen LogP contribution in [0.5, 0.6) is 0 Å². The predicted molar refractivity (Wildman–Crippen MR) is 68.6 cm³/mol. The van der Waals surface area contributed by atoms with Gasteiger partial charge in [0.15, 0.2) is 0 Å². The van der Waals surface area contributed by atoms with E-state index in [2.05, 4.69) is 6.07 Å². The number of alkyl halides is 1. The Balaban J connectivity index is 3.10. The van der Waals surface area contributed by atoms with E-state index in [1.807, 2.05) is 0 Å². The Morgan fingerprint density at radius 1 is 1.39 bits per heavy atom. The molecule has 0 N–H and O–H groups in total. The molecule has 0 aromatic heterocycles. The molecule has 0 aliphatic heterocycles. The molecule has 1 aromatic carbocycles. The summed E-state index contributed by atoms with van der Waals surface area (Å²) in [6.07, 6.45) is 0. The first-order valence-electron chi connectivity index (χ1n) is 5.71. The second kappa shape index (κ2) is 6.55. The first-order valence-corrected chi connectivity index (χ1v) is 6.25. The number of hydrogen-bond donors (Lipinski definition) is 0. The van der Waals surface area contributed by atoms with Crippen molar-refractivity contribution in [3.05, 3.63) is 29.3 Å². The van der Waals surface area contributed by atoms with Gasteiger partial charge < -0.3 is 4.90 Å². The zero-order chi connectivity index (χ0) is 13.7. The molecular weight excluding hydrogens is 258 g/mol. The van der Waals surface area contributed by atoms with Gasteiger partial charge in [0.2, 0.25) is 0 Å². The van der Waals surface area contributed by atoms with Gasteiger partial charge in [-0.1, -0.05) is 0 Å². The third kappa shape index (κ3) is 3.33. The summed E-state index contributed by atoms with van der Waals surface area (Å²) in [4.78, 5) is 1.52. The molecule has 0 saturated carbocycles. The molecule has 0 spiro atoms. The lowest BCUT2D eigenvalue weighted by atomic mass is 10.1. The van der Waals surface area contributed by atoms with Crippen molar-refractivity contribution < 1.29 is 8.78 Å². The van der Waals surface area contributed by atoms with Gasteiger partial charge in [0.1, 0.15) is 17.3 Å². The van der Waals surface area contributed by atoms with Gasteiger partial charge in [0.25, 0.3) is 0 Å². The molecule has 1 rings (SSSR count). The van der Waals surface area contributed by atoms with E-state index in [0.29, 0.717) is 18.7 Å². The molecule has 98 valence electrons. The van der Waals surface area contributed by atoms with Gasteiger partial charge in [0.05, 0.1) is 12.0 Å². The van der Waals surface area contributed by atoms with Gasteiger partial charge in [-0.05, 0) is 31.5 Å². The van der Waals surface area contributed by atoms with Crippen LogP contribution >= 0.6 is 11.6 Å². The predicted octanol–water partition coefficient (Wildman–Crippen LogP) is 3.69. The van der Waals surface area contributed by atoms with Crippen molar-refractivity contribution in [3.8, 4) is 6.07 Å². The molecule has 1 atom stereocenters. The number of hydrogen-bond acceptors (Lipinski definition) is 2. The van der Waals surface area contributed by atoms with Crippen LogP contribution in [0, 0.1) is 28.9 Å². The smallest absolute Gasteiger partial charge is 0.149 e. The Labute approximate surface area is 111 Å². The van der Waals surface area contributed by atoms with Crippen LogP contribution in [0.25, 0.3) is 0 Å². The minimum absolute atomic E-state index is 0.0643. The Morgan fingerprint density at radius 2 is 1.94 bits per heavy atom. The van der Waals surface area contributed by atoms with Crippen molar-refractivity contribution >= 4 is 17.3 Å². The molecule has 1 unspecified atom stereocenters. The summed E-state index contributed by atoms with van der Waals surface area (Å²) < 4.78 is 27.7. The summed E-state index contributed by atoms with van der Waals surface area (Å²) in [6.45, 7) is 4.23. The second-order valence-electron chi connectivity index (χ2n) is 4.11. The van der Waals surface area contributed by atoms with E-state index in [4.69, 9.17) is 16.9 Å². The van der Waals surface area contributed by atoms with E-state index in [1.165, 1.54) is 17.0 Å². The lowest BCUT2D eigenvalue weighted by Gasteiger charge is -2.25. The van der Waals surface area contributed by atoms with E-state index < -0.39 is 11.6 Å². The van der Waals surface area contributed by atoms with Crippen LogP contribution in [0.15, 0.2) is 12.1 Å². The molecule has 0 amide bonds. The monoisotopic (exact) mass is 272 g/mol. The Morgan fingerprint density at radius 3 is 2.33 bits per heavy atom. The van der Waals surface area contributed by atoms with Crippen molar-refractivity contribution in [1.82, 2.24) is 0 Å². The van der Waals surface area contributed by atoms with Gasteiger partial charge in [-0.2, -0.15) is 5.26 Å². The molecular formula is C13H15ClF2N2. The Hall–Kier alpha value is -1.34. The lowest BCUT2D eigenvalue weighted by molar-refractivity contribution is 0.561. The number of nitriles is 1. The van der Waals surface area contributed by atoms with Crippen LogP contribution < -0.4 is 4.90 Å². The van der Waals surface area contributed by atoms with Crippen LogP contribution in [-0.2, 0) is 5.88 Å². The maximum absolute atomic E-state index is 13.9. The van der Waals surface area contributed by atoms with Gasteiger partial charge in [-0.15, -0.1) is 11.6 Å². The number of halogens is 3. The summed E-state index contributed by atoms with van der Waals surface area (Å²) in [6, 6.07) is 4.51. The van der Waals surface area contributed by atoms with Crippen LogP contribution in [0.1, 0.15) is 19.4 Å². The zero-order valence-electron chi connectivity index (χ0n) is 10.4. The van der Waals surface area contributed by atoms with E-state index in [1.54, 1.807) is 13.8 Å². The van der Waals surface area contributed by atoms with E-state index >= 15 is 0 Å². The summed E-state index contributed by atoms with van der Waals surface area (Å²) in [5.74, 6) is -1.51. The third-order valence-electron chi connectivity index (χ3n) is 2.64. The van der Waals surface area contributed by atoms with Gasteiger partial charge >= 0.3 is 0 Å². The van der Waals surface area contributed by atoms with E-state index in [0.717, 1.165) is 0 Å². The third-order valence-corrected chi connectivity index (χ3v) is 2.95. The fourth-order valence-electron chi connectivity index (χ4n) is 1.75. The molecule has 0 heterocycles. The molecule has 0 aliphatic carbocycles. The average Bonchev–Trinajstić information content (AvgIpc) is 2.35. The Bertz CT molecular complexity index is 434. The van der Waals surface area contributed by atoms with Gasteiger partial charge in [-0.25, -0.2) is 8.78 Å². The number of nitrogens with zero attached hydrogens (tertiary/aromatic N) is 2. The van der Waals surface area contributed by atoms with Gasteiger partial charge in [0, 0.05) is 19.0 Å². The molecule has 0 bridgehead atoms. The highest BCUT2D eigenvalue weighted by Crippen LogP contribution is 2.26. The van der Waals surface area contributed by atoms with Crippen LogP contribution in [0.4, 0.5) is 14.5 Å². The van der Waals surface area contributed by atoms with Crippen LogP contribution in [-0.4, -0.2) is 13.1 Å². The van der Waals surface area contributed by atoms with E-state index in [9.17, 15) is 8.78 Å². The largest absolute Gasteiger partial charge is 0.366 e. The molecule has 0 saturated heterocycles. The summed E-state index contributed by atoms with van der Waals surface area (Å²) in [7, 11) is 0. The molecule has 0 fully saturated rings. The van der Waals surface area contributed by atoms with Crippen molar-refractivity contribution in [2.75, 3.05) is 18.0 Å². The first kappa shape index (κ1) is 14.7. The van der Waals surface area contributed by atoms with Crippen LogP contribution in [0.2, 0.25) is 0 Å².